The third-order valence-corrected chi connectivity index (χ3v) is 3.53. The number of nitrogens with one attached hydrogen (secondary N) is 1. The normalized spacial score (nSPS) is 16.1. The van der Waals surface area contributed by atoms with Gasteiger partial charge in [-0.05, 0) is 31.4 Å². The zero-order chi connectivity index (χ0) is 14.6. The molecule has 0 heterocycles. The Labute approximate surface area is 116 Å². The van der Waals surface area contributed by atoms with Gasteiger partial charge in [-0.1, -0.05) is 12.1 Å². The van der Waals surface area contributed by atoms with Gasteiger partial charge in [0.15, 0.2) is 6.61 Å². The van der Waals surface area contributed by atoms with Crippen molar-refractivity contribution in [3.63, 3.8) is 0 Å². The Morgan fingerprint density at radius 2 is 2.05 bits per heavy atom. The molecule has 1 aliphatic carbocycles. The van der Waals surface area contributed by atoms with Crippen molar-refractivity contribution in [2.75, 3.05) is 13.2 Å². The molecule has 0 unspecified atom stereocenters. The fourth-order valence-corrected chi connectivity index (χ4v) is 2.20. The lowest BCUT2D eigenvalue weighted by atomic mass is 9.77. The van der Waals surface area contributed by atoms with E-state index in [0.29, 0.717) is 0 Å². The van der Waals surface area contributed by atoms with Crippen LogP contribution in [0.3, 0.4) is 0 Å². The van der Waals surface area contributed by atoms with Crippen LogP contribution in [0.25, 0.3) is 0 Å². The van der Waals surface area contributed by atoms with Crippen molar-refractivity contribution < 1.29 is 19.4 Å². The second-order valence-electron chi connectivity index (χ2n) is 4.99. The first-order valence-corrected chi connectivity index (χ1v) is 6.50. The summed E-state index contributed by atoms with van der Waals surface area (Å²) >= 11 is 0. The van der Waals surface area contributed by atoms with Crippen molar-refractivity contribution in [1.82, 2.24) is 5.32 Å². The topological polar surface area (TPSA) is 102 Å². The zero-order valence-electron chi connectivity index (χ0n) is 11.1. The Balaban J connectivity index is 1.92. The third-order valence-electron chi connectivity index (χ3n) is 3.53. The molecule has 0 saturated heterocycles. The lowest BCUT2D eigenvalue weighted by Crippen LogP contribution is -2.57. The van der Waals surface area contributed by atoms with Gasteiger partial charge >= 0.3 is 0 Å². The van der Waals surface area contributed by atoms with E-state index < -0.39 is 11.4 Å². The molecule has 1 aromatic rings. The van der Waals surface area contributed by atoms with E-state index in [1.54, 1.807) is 18.2 Å². The first-order chi connectivity index (χ1) is 9.56. The second-order valence-corrected chi connectivity index (χ2v) is 4.99. The molecule has 108 valence electrons. The molecule has 6 heteroatoms. The highest BCUT2D eigenvalue weighted by Crippen LogP contribution is 2.31. The maximum atomic E-state index is 11.8. The molecule has 2 rings (SSSR count). The quantitative estimate of drug-likeness (QED) is 0.691. The first kappa shape index (κ1) is 14.3. The lowest BCUT2D eigenvalue weighted by molar-refractivity contribution is -0.127. The summed E-state index contributed by atoms with van der Waals surface area (Å²) in [6.07, 6.45) is 2.53. The van der Waals surface area contributed by atoms with Crippen LogP contribution in [-0.4, -0.2) is 35.7 Å². The average molecular weight is 278 g/mol. The number of amides is 2. The molecule has 1 aromatic carbocycles. The standard InChI is InChI=1S/C14H18N2O4/c15-13(19)10-4-1-2-5-11(10)20-8-12(18)16-14(9-17)6-3-7-14/h1-2,4-5,17H,3,6-9H2,(H2,15,19)(H,16,18). The fourth-order valence-electron chi connectivity index (χ4n) is 2.20. The summed E-state index contributed by atoms with van der Waals surface area (Å²) in [6, 6.07) is 6.48. The van der Waals surface area contributed by atoms with Crippen molar-refractivity contribution in [3.05, 3.63) is 29.8 Å². The summed E-state index contributed by atoms with van der Waals surface area (Å²) < 4.78 is 5.32. The van der Waals surface area contributed by atoms with Gasteiger partial charge in [0.05, 0.1) is 17.7 Å². The van der Waals surface area contributed by atoms with E-state index in [9.17, 15) is 14.7 Å². The number of carbonyl (C=O) groups excluding carboxylic acids is 2. The first-order valence-electron chi connectivity index (χ1n) is 6.50. The third kappa shape index (κ3) is 3.08. The molecule has 2 amide bonds. The van der Waals surface area contributed by atoms with E-state index >= 15 is 0 Å². The van der Waals surface area contributed by atoms with Crippen LogP contribution in [0.15, 0.2) is 24.3 Å². The molecule has 0 bridgehead atoms. The Hall–Kier alpha value is -2.08. The van der Waals surface area contributed by atoms with Gasteiger partial charge in [-0.3, -0.25) is 9.59 Å². The van der Waals surface area contributed by atoms with Crippen molar-refractivity contribution in [2.45, 2.75) is 24.8 Å². The molecule has 20 heavy (non-hydrogen) atoms. The molecule has 1 saturated carbocycles. The highest BCUT2D eigenvalue weighted by molar-refractivity contribution is 5.95. The summed E-state index contributed by atoms with van der Waals surface area (Å²) in [6.45, 7) is -0.289. The van der Waals surface area contributed by atoms with Crippen LogP contribution in [0.5, 0.6) is 5.75 Å². The van der Waals surface area contributed by atoms with Crippen LogP contribution in [0.2, 0.25) is 0 Å². The largest absolute Gasteiger partial charge is 0.483 e. The van der Waals surface area contributed by atoms with Crippen molar-refractivity contribution in [1.29, 1.82) is 0 Å². The predicted molar refractivity (Wildman–Crippen MR) is 72.3 cm³/mol. The van der Waals surface area contributed by atoms with E-state index in [4.69, 9.17) is 10.5 Å². The maximum Gasteiger partial charge on any atom is 0.258 e. The van der Waals surface area contributed by atoms with E-state index in [1.807, 2.05) is 0 Å². The van der Waals surface area contributed by atoms with Crippen LogP contribution >= 0.6 is 0 Å². The number of ether oxygens (including phenoxy) is 1. The van der Waals surface area contributed by atoms with Crippen LogP contribution < -0.4 is 15.8 Å². The molecule has 4 N–H and O–H groups in total. The molecule has 0 aliphatic heterocycles. The number of nitrogens with two attached hydrogens (primary N) is 1. The van der Waals surface area contributed by atoms with Crippen LogP contribution in [0.4, 0.5) is 0 Å². The Morgan fingerprint density at radius 1 is 1.35 bits per heavy atom. The summed E-state index contributed by atoms with van der Waals surface area (Å²) in [5.41, 5.74) is 4.96. The van der Waals surface area contributed by atoms with Gasteiger partial charge in [-0.25, -0.2) is 0 Å². The van der Waals surface area contributed by atoms with E-state index in [0.717, 1.165) is 19.3 Å². The van der Waals surface area contributed by atoms with E-state index in [2.05, 4.69) is 5.32 Å². The van der Waals surface area contributed by atoms with Gasteiger partial charge < -0.3 is 20.9 Å². The number of aliphatic hydroxyl groups is 1. The van der Waals surface area contributed by atoms with Gasteiger partial charge in [-0.15, -0.1) is 0 Å². The summed E-state index contributed by atoms with van der Waals surface area (Å²) in [5, 5.41) is 12.0. The number of para-hydroxylation sites is 1. The number of carbonyl (C=O) groups is 2. The number of aliphatic hydroxyl groups excluding tert-OH is 1. The minimum absolute atomic E-state index is 0.0728. The number of benzene rings is 1. The lowest BCUT2D eigenvalue weighted by Gasteiger charge is -2.40. The second kappa shape index (κ2) is 5.92. The molecule has 6 nitrogen and oxygen atoms in total. The summed E-state index contributed by atoms with van der Waals surface area (Å²) in [7, 11) is 0. The molecule has 0 aromatic heterocycles. The minimum Gasteiger partial charge on any atom is -0.483 e. The predicted octanol–water partition coefficient (Wildman–Crippen LogP) is 0.195. The number of hydrogen-bond acceptors (Lipinski definition) is 4. The van der Waals surface area contributed by atoms with Gasteiger partial charge in [0.25, 0.3) is 11.8 Å². The van der Waals surface area contributed by atoms with Crippen LogP contribution in [0, 0.1) is 0 Å². The van der Waals surface area contributed by atoms with E-state index in [-0.39, 0.29) is 30.4 Å². The van der Waals surface area contributed by atoms with Crippen molar-refractivity contribution >= 4 is 11.8 Å². The Morgan fingerprint density at radius 3 is 2.60 bits per heavy atom. The van der Waals surface area contributed by atoms with Crippen molar-refractivity contribution in [3.8, 4) is 5.75 Å². The Bertz CT molecular complexity index is 506. The van der Waals surface area contributed by atoms with Crippen LogP contribution in [-0.2, 0) is 4.79 Å². The fraction of sp³-hybridized carbons (Fsp3) is 0.429. The summed E-state index contributed by atoms with van der Waals surface area (Å²) in [4.78, 5) is 23.0. The van der Waals surface area contributed by atoms with Gasteiger partial charge in [-0.2, -0.15) is 0 Å². The molecular weight excluding hydrogens is 260 g/mol. The van der Waals surface area contributed by atoms with E-state index in [1.165, 1.54) is 6.07 Å². The SMILES string of the molecule is NC(=O)c1ccccc1OCC(=O)NC1(CO)CCC1. The Kier molecular flexibility index (Phi) is 4.24. The van der Waals surface area contributed by atoms with Crippen molar-refractivity contribution in [2.24, 2.45) is 5.73 Å². The minimum atomic E-state index is -0.605. The average Bonchev–Trinajstić information content (AvgIpc) is 2.41. The number of primary amides is 1. The smallest absolute Gasteiger partial charge is 0.258 e. The van der Waals surface area contributed by atoms with Crippen LogP contribution in [0.1, 0.15) is 29.6 Å². The zero-order valence-corrected chi connectivity index (χ0v) is 11.1. The van der Waals surface area contributed by atoms with Gasteiger partial charge in [0.2, 0.25) is 0 Å². The number of hydrogen-bond donors (Lipinski definition) is 3. The van der Waals surface area contributed by atoms with Gasteiger partial charge in [0.1, 0.15) is 5.75 Å². The number of rotatable bonds is 6. The molecular formula is C14H18N2O4. The monoisotopic (exact) mass is 278 g/mol. The van der Waals surface area contributed by atoms with Gasteiger partial charge in [0, 0.05) is 0 Å². The molecule has 0 atom stereocenters. The maximum absolute atomic E-state index is 11.8. The molecule has 1 aliphatic rings. The highest BCUT2D eigenvalue weighted by Gasteiger charge is 2.37. The summed E-state index contributed by atoms with van der Waals surface area (Å²) in [5.74, 6) is -0.647. The molecule has 1 fully saturated rings. The molecule has 0 spiro atoms. The molecule has 0 radical (unpaired) electrons. The highest BCUT2D eigenvalue weighted by atomic mass is 16.5.